The quantitative estimate of drug-likeness (QED) is 0.575. The van der Waals surface area contributed by atoms with Gasteiger partial charge in [-0.1, -0.05) is 11.3 Å². The summed E-state index contributed by atoms with van der Waals surface area (Å²) in [5.74, 6) is 0.712. The largest absolute Gasteiger partial charge is 0.497 e. The van der Waals surface area contributed by atoms with Gasteiger partial charge in [-0.05, 0) is 62.6 Å². The number of hydrogen-bond acceptors (Lipinski definition) is 8. The van der Waals surface area contributed by atoms with Gasteiger partial charge in [-0.2, -0.15) is 8.42 Å². The van der Waals surface area contributed by atoms with Crippen molar-refractivity contribution in [2.45, 2.75) is 39.3 Å². The predicted molar refractivity (Wildman–Crippen MR) is 121 cm³/mol. The summed E-state index contributed by atoms with van der Waals surface area (Å²) in [6.07, 6.45) is -0.423. The van der Waals surface area contributed by atoms with Gasteiger partial charge >= 0.3 is 16.3 Å². The van der Waals surface area contributed by atoms with Crippen molar-refractivity contribution < 1.29 is 22.7 Å². The average Bonchev–Trinajstić information content (AvgIpc) is 3.14. The molecule has 1 aliphatic heterocycles. The van der Waals surface area contributed by atoms with E-state index in [1.807, 2.05) is 41.1 Å². The molecule has 0 atom stereocenters. The summed E-state index contributed by atoms with van der Waals surface area (Å²) in [4.78, 5) is 14.2. The number of carbonyl (C=O) groups is 1. The number of nitrogens with one attached hydrogen (secondary N) is 2. The second-order valence-corrected chi connectivity index (χ2v) is 10.1. The van der Waals surface area contributed by atoms with Crippen LogP contribution in [0.25, 0.3) is 16.7 Å². The van der Waals surface area contributed by atoms with Gasteiger partial charge in [0.2, 0.25) is 0 Å². The Hall–Kier alpha value is -3.22. The number of carbonyl (C=O) groups excluding carboxylic acids is 1. The minimum atomic E-state index is -4.11. The topological polar surface area (TPSA) is 128 Å². The molecular formula is C21H26N6O5S. The van der Waals surface area contributed by atoms with Crippen LogP contribution in [0.1, 0.15) is 31.9 Å². The molecule has 12 heteroatoms. The average molecular weight is 475 g/mol. The lowest BCUT2D eigenvalue weighted by Gasteiger charge is -2.29. The molecule has 11 nitrogen and oxygen atoms in total. The molecular weight excluding hydrogens is 448 g/mol. The van der Waals surface area contributed by atoms with Crippen LogP contribution < -0.4 is 14.3 Å². The minimum Gasteiger partial charge on any atom is -0.497 e. The van der Waals surface area contributed by atoms with Gasteiger partial charge < -0.3 is 9.47 Å². The van der Waals surface area contributed by atoms with Gasteiger partial charge in [0.05, 0.1) is 18.3 Å². The van der Waals surface area contributed by atoms with E-state index in [0.29, 0.717) is 25.3 Å². The van der Waals surface area contributed by atoms with Gasteiger partial charge in [-0.25, -0.2) is 19.2 Å². The van der Waals surface area contributed by atoms with E-state index in [1.54, 1.807) is 32.6 Å². The molecule has 1 aromatic heterocycles. The number of nitrogens with zero attached hydrogens (tertiary/aromatic N) is 4. The first-order valence-corrected chi connectivity index (χ1v) is 11.8. The molecule has 2 heterocycles. The summed E-state index contributed by atoms with van der Waals surface area (Å²) in [6, 6.07) is 11.5. The number of fused-ring (bicyclic) bond motifs is 2. The van der Waals surface area contributed by atoms with Gasteiger partial charge in [-0.15, -0.1) is 9.93 Å². The number of ether oxygens (including phenoxy) is 2. The third-order valence-electron chi connectivity index (χ3n) is 4.97. The van der Waals surface area contributed by atoms with Crippen molar-refractivity contribution in [3.8, 4) is 11.4 Å². The van der Waals surface area contributed by atoms with E-state index >= 15 is 0 Å². The van der Waals surface area contributed by atoms with Gasteiger partial charge in [0.25, 0.3) is 0 Å². The maximum Gasteiger partial charge on any atom is 0.422 e. The van der Waals surface area contributed by atoms with Gasteiger partial charge in [0.15, 0.2) is 0 Å². The summed E-state index contributed by atoms with van der Waals surface area (Å²) in [5.41, 5.74) is 3.70. The van der Waals surface area contributed by atoms with Crippen LogP contribution in [0.5, 0.6) is 5.75 Å². The molecule has 2 N–H and O–H groups in total. The number of hydrogen-bond donors (Lipinski definition) is 2. The first-order valence-electron chi connectivity index (χ1n) is 10.3. The Morgan fingerprint density at radius 3 is 2.64 bits per heavy atom. The van der Waals surface area contributed by atoms with Crippen LogP contribution in [-0.2, 0) is 27.9 Å². The fourth-order valence-electron chi connectivity index (χ4n) is 3.57. The van der Waals surface area contributed by atoms with Crippen LogP contribution in [-0.4, -0.2) is 53.8 Å². The van der Waals surface area contributed by atoms with Gasteiger partial charge in [0, 0.05) is 19.2 Å². The van der Waals surface area contributed by atoms with E-state index in [2.05, 4.69) is 15.1 Å². The molecule has 0 bridgehead atoms. The molecule has 2 aromatic carbocycles. The van der Waals surface area contributed by atoms with E-state index in [-0.39, 0.29) is 0 Å². The van der Waals surface area contributed by atoms with Crippen LogP contribution in [0.4, 0.5) is 4.79 Å². The van der Waals surface area contributed by atoms with E-state index in [0.717, 1.165) is 27.8 Å². The SMILES string of the molecule is COc1ccc2c(c1)nnn2-c1ccc2c(c1)CCN(NS(=O)(=O)NC(=O)OC(C)(C)C)C2. The molecule has 0 aliphatic carbocycles. The smallest absolute Gasteiger partial charge is 0.422 e. The third-order valence-corrected chi connectivity index (χ3v) is 5.90. The lowest BCUT2D eigenvalue weighted by molar-refractivity contribution is 0.0567. The highest BCUT2D eigenvalue weighted by molar-refractivity contribution is 7.88. The van der Waals surface area contributed by atoms with Crippen molar-refractivity contribution in [1.82, 2.24) is 29.6 Å². The highest BCUT2D eigenvalue weighted by Gasteiger charge is 2.25. The molecule has 0 saturated carbocycles. The molecule has 176 valence electrons. The normalized spacial score (nSPS) is 14.7. The first kappa shape index (κ1) is 23.0. The zero-order valence-corrected chi connectivity index (χ0v) is 19.6. The number of methoxy groups -OCH3 is 1. The summed E-state index contributed by atoms with van der Waals surface area (Å²) in [5, 5.41) is 10.0. The Kier molecular flexibility index (Phi) is 5.99. The monoisotopic (exact) mass is 474 g/mol. The number of rotatable bonds is 5. The second-order valence-electron chi connectivity index (χ2n) is 8.68. The van der Waals surface area contributed by atoms with Crippen LogP contribution in [0.15, 0.2) is 36.4 Å². The molecule has 3 aromatic rings. The van der Waals surface area contributed by atoms with Crippen molar-refractivity contribution >= 4 is 27.3 Å². The van der Waals surface area contributed by atoms with E-state index in [1.165, 1.54) is 5.01 Å². The Morgan fingerprint density at radius 1 is 1.12 bits per heavy atom. The zero-order chi connectivity index (χ0) is 23.8. The Labute approximate surface area is 191 Å². The number of aromatic nitrogens is 3. The van der Waals surface area contributed by atoms with Crippen molar-refractivity contribution in [2.24, 2.45) is 0 Å². The minimum absolute atomic E-state index is 0.347. The lowest BCUT2D eigenvalue weighted by Crippen LogP contribution is -2.51. The van der Waals surface area contributed by atoms with Crippen molar-refractivity contribution in [3.63, 3.8) is 0 Å². The summed E-state index contributed by atoms with van der Waals surface area (Å²) >= 11 is 0. The van der Waals surface area contributed by atoms with Crippen molar-refractivity contribution in [2.75, 3.05) is 13.7 Å². The highest BCUT2D eigenvalue weighted by Crippen LogP contribution is 2.25. The molecule has 1 amide bonds. The molecule has 0 unspecified atom stereocenters. The van der Waals surface area contributed by atoms with Crippen LogP contribution in [0, 0.1) is 0 Å². The standard InChI is InChI=1S/C21H26N6O5S/c1-21(2,3)32-20(28)23-33(29,30)25-26-10-9-14-11-16(6-5-15(14)13-26)27-19-8-7-17(31-4)12-18(19)22-24-27/h5-8,11-12,25H,9-10,13H2,1-4H3,(H,23,28). The summed E-state index contributed by atoms with van der Waals surface area (Å²) in [6.45, 7) is 5.74. The maximum absolute atomic E-state index is 12.3. The summed E-state index contributed by atoms with van der Waals surface area (Å²) in [7, 11) is -2.51. The molecule has 0 saturated heterocycles. The molecule has 0 fully saturated rings. The Morgan fingerprint density at radius 2 is 1.91 bits per heavy atom. The number of amides is 1. The predicted octanol–water partition coefficient (Wildman–Crippen LogP) is 2.06. The number of benzene rings is 2. The van der Waals surface area contributed by atoms with Crippen LogP contribution in [0.2, 0.25) is 0 Å². The maximum atomic E-state index is 12.3. The third kappa shape index (κ3) is 5.41. The van der Waals surface area contributed by atoms with Crippen molar-refractivity contribution in [3.05, 3.63) is 47.5 Å². The Bertz CT molecular complexity index is 1300. The molecule has 0 radical (unpaired) electrons. The highest BCUT2D eigenvalue weighted by atomic mass is 32.2. The fourth-order valence-corrected chi connectivity index (χ4v) is 4.37. The molecule has 1 aliphatic rings. The van der Waals surface area contributed by atoms with Crippen LogP contribution in [0.3, 0.4) is 0 Å². The van der Waals surface area contributed by atoms with E-state index in [9.17, 15) is 13.2 Å². The first-order chi connectivity index (χ1) is 15.5. The zero-order valence-electron chi connectivity index (χ0n) is 18.8. The van der Waals surface area contributed by atoms with Crippen LogP contribution >= 0.6 is 0 Å². The van der Waals surface area contributed by atoms with Gasteiger partial charge in [0.1, 0.15) is 16.9 Å². The Balaban J connectivity index is 1.46. The second kappa shape index (κ2) is 8.61. The van der Waals surface area contributed by atoms with E-state index in [4.69, 9.17) is 9.47 Å². The molecule has 33 heavy (non-hydrogen) atoms. The fraction of sp³-hybridized carbons (Fsp3) is 0.381. The van der Waals surface area contributed by atoms with Crippen molar-refractivity contribution in [1.29, 1.82) is 0 Å². The lowest BCUT2D eigenvalue weighted by atomic mass is 10.00. The van der Waals surface area contributed by atoms with Gasteiger partial charge in [-0.3, -0.25) is 0 Å². The molecule has 4 rings (SSSR count). The summed E-state index contributed by atoms with van der Waals surface area (Å²) < 4.78 is 38.5. The van der Waals surface area contributed by atoms with E-state index < -0.39 is 21.9 Å². The number of hydrazine groups is 1. The molecule has 0 spiro atoms.